The number of hydrazone groups is 1. The lowest BCUT2D eigenvalue weighted by Crippen LogP contribution is -2.15. The first-order chi connectivity index (χ1) is 7.67. The molecule has 16 heavy (non-hydrogen) atoms. The number of nitrogens with one attached hydrogen (secondary N) is 1. The molecule has 0 saturated carbocycles. The second-order valence-corrected chi connectivity index (χ2v) is 3.04. The number of anilines is 1. The maximum atomic E-state index is 11.0. The van der Waals surface area contributed by atoms with Crippen molar-refractivity contribution in [2.24, 2.45) is 5.10 Å². The van der Waals surface area contributed by atoms with E-state index >= 15 is 0 Å². The topological polar surface area (TPSA) is 74.5 Å². The highest BCUT2D eigenvalue weighted by Gasteiger charge is 2.10. The molecule has 0 radical (unpaired) electrons. The smallest absolute Gasteiger partial charge is 0.369 e. The van der Waals surface area contributed by atoms with Crippen LogP contribution in [0.25, 0.3) is 0 Å². The first-order valence-corrected chi connectivity index (χ1v) is 4.56. The van der Waals surface area contributed by atoms with Crippen molar-refractivity contribution in [1.29, 1.82) is 5.26 Å². The van der Waals surface area contributed by atoms with Gasteiger partial charge in [-0.3, -0.25) is 5.43 Å². The van der Waals surface area contributed by atoms with Gasteiger partial charge in [0.25, 0.3) is 0 Å². The second kappa shape index (κ2) is 5.51. The number of hydrogen-bond acceptors (Lipinski definition) is 5. The van der Waals surface area contributed by atoms with Crippen molar-refractivity contribution >= 4 is 17.4 Å². The normalized spacial score (nSPS) is 10.4. The zero-order chi connectivity index (χ0) is 12.0. The number of nitrogens with zero attached hydrogens (tertiary/aromatic N) is 2. The fraction of sp³-hybridized carbons (Fsp3) is 0.182. The highest BCUT2D eigenvalue weighted by molar-refractivity contribution is 6.43. The molecule has 1 rings (SSSR count). The fourth-order valence-electron chi connectivity index (χ4n) is 0.962. The van der Waals surface area contributed by atoms with Crippen molar-refractivity contribution in [2.45, 2.75) is 6.92 Å². The average Bonchev–Trinajstić information content (AvgIpc) is 2.31. The Kier molecular flexibility index (Phi) is 4.04. The maximum Gasteiger partial charge on any atom is 0.369 e. The fourth-order valence-corrected chi connectivity index (χ4v) is 0.962. The summed E-state index contributed by atoms with van der Waals surface area (Å²) in [5.41, 5.74) is 4.10. The van der Waals surface area contributed by atoms with Gasteiger partial charge in [0.05, 0.1) is 12.8 Å². The van der Waals surface area contributed by atoms with Gasteiger partial charge >= 0.3 is 5.97 Å². The van der Waals surface area contributed by atoms with E-state index in [-0.39, 0.29) is 5.71 Å². The van der Waals surface area contributed by atoms with Crippen molar-refractivity contribution in [1.82, 2.24) is 0 Å². The Morgan fingerprint density at radius 1 is 1.44 bits per heavy atom. The van der Waals surface area contributed by atoms with Crippen molar-refractivity contribution < 1.29 is 9.53 Å². The molecule has 0 aliphatic rings. The van der Waals surface area contributed by atoms with Crippen LogP contribution in [0.2, 0.25) is 0 Å². The monoisotopic (exact) mass is 217 g/mol. The van der Waals surface area contributed by atoms with Crippen LogP contribution in [-0.4, -0.2) is 18.8 Å². The molecule has 0 spiro atoms. The van der Waals surface area contributed by atoms with Gasteiger partial charge in [0.1, 0.15) is 6.07 Å². The maximum absolute atomic E-state index is 11.0. The summed E-state index contributed by atoms with van der Waals surface area (Å²) in [5.74, 6) is -0.762. The number of methoxy groups -OCH3 is 1. The summed E-state index contributed by atoms with van der Waals surface area (Å²) in [5, 5.41) is 12.3. The third-order valence-corrected chi connectivity index (χ3v) is 1.83. The number of benzene rings is 1. The lowest BCUT2D eigenvalue weighted by atomic mass is 10.2. The number of carbonyl (C=O) groups excluding carboxylic acids is 1. The molecule has 5 heteroatoms. The zero-order valence-corrected chi connectivity index (χ0v) is 9.02. The van der Waals surface area contributed by atoms with Crippen LogP contribution in [0.4, 0.5) is 5.69 Å². The Morgan fingerprint density at radius 3 is 2.56 bits per heavy atom. The minimum absolute atomic E-state index is 0.317. The lowest BCUT2D eigenvalue weighted by Gasteiger charge is -2.01. The van der Waals surface area contributed by atoms with E-state index in [2.05, 4.69) is 15.3 Å². The van der Waals surface area contributed by atoms with Gasteiger partial charge in [0.2, 0.25) is 5.71 Å². The van der Waals surface area contributed by atoms with Crippen LogP contribution in [0.15, 0.2) is 29.4 Å². The Morgan fingerprint density at radius 2 is 2.06 bits per heavy atom. The van der Waals surface area contributed by atoms with E-state index in [0.29, 0.717) is 5.69 Å². The molecule has 82 valence electrons. The molecule has 0 aliphatic carbocycles. The van der Waals surface area contributed by atoms with Gasteiger partial charge in [-0.1, -0.05) is 17.7 Å². The minimum Gasteiger partial charge on any atom is -0.464 e. The summed E-state index contributed by atoms with van der Waals surface area (Å²) < 4.78 is 4.38. The van der Waals surface area contributed by atoms with Gasteiger partial charge in [-0.05, 0) is 19.1 Å². The van der Waals surface area contributed by atoms with Gasteiger partial charge in [0.15, 0.2) is 0 Å². The number of esters is 1. The van der Waals surface area contributed by atoms with E-state index in [1.54, 1.807) is 18.2 Å². The lowest BCUT2D eigenvalue weighted by molar-refractivity contribution is -0.132. The Hall–Kier alpha value is -2.35. The van der Waals surface area contributed by atoms with Crippen molar-refractivity contribution in [2.75, 3.05) is 12.5 Å². The molecule has 0 atom stereocenters. The van der Waals surface area contributed by atoms with Crippen molar-refractivity contribution in [3.8, 4) is 6.07 Å². The predicted molar refractivity (Wildman–Crippen MR) is 59.9 cm³/mol. The third kappa shape index (κ3) is 3.10. The quantitative estimate of drug-likeness (QED) is 0.472. The number of nitriles is 1. The molecule has 0 fully saturated rings. The van der Waals surface area contributed by atoms with E-state index in [9.17, 15) is 4.79 Å². The molecule has 0 aromatic heterocycles. The van der Waals surface area contributed by atoms with Crippen LogP contribution in [0.3, 0.4) is 0 Å². The van der Waals surface area contributed by atoms with Crippen molar-refractivity contribution in [3.05, 3.63) is 29.8 Å². The van der Waals surface area contributed by atoms with Crippen LogP contribution >= 0.6 is 0 Å². The summed E-state index contributed by atoms with van der Waals surface area (Å²) in [6.07, 6.45) is 0. The Bertz CT molecular complexity index is 443. The minimum atomic E-state index is -0.762. The molecule has 0 heterocycles. The highest BCUT2D eigenvalue weighted by atomic mass is 16.5. The molecule has 1 N–H and O–H groups in total. The molecule has 5 nitrogen and oxygen atoms in total. The molecule has 1 aromatic rings. The Labute approximate surface area is 93.3 Å². The molecule has 0 aliphatic heterocycles. The van der Waals surface area contributed by atoms with Gasteiger partial charge in [-0.15, -0.1) is 0 Å². The molecule has 0 amide bonds. The summed E-state index contributed by atoms with van der Waals surface area (Å²) >= 11 is 0. The summed E-state index contributed by atoms with van der Waals surface area (Å²) in [4.78, 5) is 11.0. The molecular formula is C11H11N3O2. The van der Waals surface area contributed by atoms with Gasteiger partial charge in [0, 0.05) is 0 Å². The van der Waals surface area contributed by atoms with Crippen LogP contribution in [0.5, 0.6) is 0 Å². The van der Waals surface area contributed by atoms with E-state index in [4.69, 9.17) is 5.26 Å². The van der Waals surface area contributed by atoms with Crippen LogP contribution in [0, 0.1) is 18.3 Å². The number of rotatable bonds is 3. The van der Waals surface area contributed by atoms with E-state index < -0.39 is 5.97 Å². The van der Waals surface area contributed by atoms with Gasteiger partial charge in [-0.25, -0.2) is 4.79 Å². The summed E-state index contributed by atoms with van der Waals surface area (Å²) in [7, 11) is 1.20. The number of ether oxygens (including phenoxy) is 1. The van der Waals surface area contributed by atoms with E-state index in [1.165, 1.54) is 7.11 Å². The first-order valence-electron chi connectivity index (χ1n) is 4.56. The number of aryl methyl sites for hydroxylation is 1. The van der Waals surface area contributed by atoms with Crippen molar-refractivity contribution in [3.63, 3.8) is 0 Å². The predicted octanol–water partition coefficient (Wildman–Crippen LogP) is 1.46. The largest absolute Gasteiger partial charge is 0.464 e. The standard InChI is InChI=1S/C11H11N3O2/c1-8-3-5-9(6-4-8)13-14-10(7-12)11(15)16-2/h3-6,13H,1-2H3/b14-10-. The zero-order valence-electron chi connectivity index (χ0n) is 9.02. The second-order valence-electron chi connectivity index (χ2n) is 3.04. The molecule has 0 saturated heterocycles. The van der Waals surface area contributed by atoms with E-state index in [1.807, 2.05) is 19.1 Å². The summed E-state index contributed by atoms with van der Waals surface area (Å²) in [6.45, 7) is 1.96. The molecule has 0 bridgehead atoms. The third-order valence-electron chi connectivity index (χ3n) is 1.83. The van der Waals surface area contributed by atoms with Crippen LogP contribution < -0.4 is 5.43 Å². The average molecular weight is 217 g/mol. The molecule has 1 aromatic carbocycles. The number of hydrogen-bond donors (Lipinski definition) is 1. The first kappa shape index (κ1) is 11.7. The summed E-state index contributed by atoms with van der Waals surface area (Å²) in [6, 6.07) is 9.02. The van der Waals surface area contributed by atoms with Crippen LogP contribution in [0.1, 0.15) is 5.56 Å². The van der Waals surface area contributed by atoms with E-state index in [0.717, 1.165) is 5.56 Å². The molecule has 0 unspecified atom stereocenters. The van der Waals surface area contributed by atoms with Gasteiger partial charge < -0.3 is 4.74 Å². The molecular weight excluding hydrogens is 206 g/mol. The SMILES string of the molecule is COC(=O)/C(C#N)=N\Nc1ccc(C)cc1. The van der Waals surface area contributed by atoms with Crippen LogP contribution in [-0.2, 0) is 9.53 Å². The Balaban J connectivity index is 2.75. The van der Waals surface area contributed by atoms with Gasteiger partial charge in [-0.2, -0.15) is 10.4 Å². The highest BCUT2D eigenvalue weighted by Crippen LogP contribution is 2.08. The number of carbonyl (C=O) groups is 1.